The highest BCUT2D eigenvalue weighted by atomic mass is 16.2. The molecule has 0 saturated heterocycles. The summed E-state index contributed by atoms with van der Waals surface area (Å²) in [4.78, 5) is 11.9. The van der Waals surface area contributed by atoms with Crippen LogP contribution in [-0.2, 0) is 4.79 Å². The topological polar surface area (TPSA) is 55.1 Å². The Morgan fingerprint density at radius 3 is 2.53 bits per heavy atom. The number of carbonyl (C=O) groups excluding carboxylic acids is 1. The maximum atomic E-state index is 11.9. The Balaban J connectivity index is 1.59. The van der Waals surface area contributed by atoms with Crippen molar-refractivity contribution in [2.45, 2.75) is 56.5 Å². The second-order valence-electron chi connectivity index (χ2n) is 5.76. The molecule has 0 aromatic carbocycles. The minimum absolute atomic E-state index is 0.117. The normalized spacial score (nSPS) is 41.3. The Morgan fingerprint density at radius 2 is 2.07 bits per heavy atom. The molecule has 0 spiro atoms. The van der Waals surface area contributed by atoms with Crippen LogP contribution in [0.25, 0.3) is 0 Å². The molecule has 3 nitrogen and oxygen atoms in total. The van der Waals surface area contributed by atoms with Gasteiger partial charge in [-0.25, -0.2) is 0 Å². The third-order valence-electron chi connectivity index (χ3n) is 4.75. The number of hydrogen-bond donors (Lipinski definition) is 2. The van der Waals surface area contributed by atoms with Gasteiger partial charge in [0, 0.05) is 6.04 Å². The molecule has 0 aromatic heterocycles. The van der Waals surface area contributed by atoms with Crippen molar-refractivity contribution >= 4 is 5.91 Å². The molecule has 84 valence electrons. The minimum Gasteiger partial charge on any atom is -0.351 e. The van der Waals surface area contributed by atoms with E-state index in [-0.39, 0.29) is 5.91 Å². The molecule has 3 N–H and O–H groups in total. The van der Waals surface area contributed by atoms with Crippen LogP contribution < -0.4 is 11.1 Å². The van der Waals surface area contributed by atoms with Crippen molar-refractivity contribution in [2.75, 3.05) is 0 Å². The summed E-state index contributed by atoms with van der Waals surface area (Å²) in [5.41, 5.74) is 5.50. The molecule has 3 unspecified atom stereocenters. The average Bonchev–Trinajstić information content (AvgIpc) is 2.75. The van der Waals surface area contributed by atoms with Gasteiger partial charge >= 0.3 is 0 Å². The largest absolute Gasteiger partial charge is 0.351 e. The van der Waals surface area contributed by atoms with Gasteiger partial charge in [0.25, 0.3) is 0 Å². The molecule has 1 amide bonds. The molecule has 3 rings (SSSR count). The van der Waals surface area contributed by atoms with E-state index in [1.165, 1.54) is 25.7 Å². The first-order chi connectivity index (χ1) is 7.17. The summed E-state index contributed by atoms with van der Waals surface area (Å²) >= 11 is 0. The van der Waals surface area contributed by atoms with Crippen molar-refractivity contribution in [2.24, 2.45) is 17.6 Å². The van der Waals surface area contributed by atoms with Gasteiger partial charge in [-0.1, -0.05) is 6.42 Å². The first-order valence-corrected chi connectivity index (χ1v) is 6.27. The van der Waals surface area contributed by atoms with Gasteiger partial charge in [-0.05, 0) is 50.4 Å². The SMILES string of the molecule is NC1(C(=O)NC2CC3CCC2C3)CCC1. The van der Waals surface area contributed by atoms with Crippen molar-refractivity contribution in [1.29, 1.82) is 0 Å². The Hall–Kier alpha value is -0.570. The van der Waals surface area contributed by atoms with Crippen LogP contribution in [0.1, 0.15) is 44.9 Å². The quantitative estimate of drug-likeness (QED) is 0.716. The zero-order valence-electron chi connectivity index (χ0n) is 9.17. The van der Waals surface area contributed by atoms with E-state index in [9.17, 15) is 4.79 Å². The summed E-state index contributed by atoms with van der Waals surface area (Å²) in [5.74, 6) is 1.75. The fourth-order valence-electron chi connectivity index (χ4n) is 3.52. The lowest BCUT2D eigenvalue weighted by atomic mass is 9.76. The van der Waals surface area contributed by atoms with Crippen molar-refractivity contribution < 1.29 is 4.79 Å². The predicted octanol–water partition coefficient (Wildman–Crippen LogP) is 1.17. The molecule has 0 aromatic rings. The Bertz CT molecular complexity index is 285. The summed E-state index contributed by atoms with van der Waals surface area (Å²) < 4.78 is 0. The Labute approximate surface area is 90.8 Å². The van der Waals surface area contributed by atoms with Gasteiger partial charge in [-0.15, -0.1) is 0 Å². The monoisotopic (exact) mass is 208 g/mol. The van der Waals surface area contributed by atoms with Crippen LogP contribution in [0, 0.1) is 11.8 Å². The van der Waals surface area contributed by atoms with Crippen molar-refractivity contribution in [3.8, 4) is 0 Å². The smallest absolute Gasteiger partial charge is 0.240 e. The number of carbonyl (C=O) groups is 1. The zero-order chi connectivity index (χ0) is 10.5. The molecule has 3 aliphatic rings. The summed E-state index contributed by atoms with van der Waals surface area (Å²) in [5, 5.41) is 3.19. The lowest BCUT2D eigenvalue weighted by molar-refractivity contribution is -0.130. The number of nitrogens with two attached hydrogens (primary N) is 1. The third-order valence-corrected chi connectivity index (χ3v) is 4.75. The standard InChI is InChI=1S/C12H20N2O/c13-12(4-1-5-12)11(15)14-10-7-8-2-3-9(10)6-8/h8-10H,1-7,13H2,(H,14,15). The number of amides is 1. The number of hydrogen-bond acceptors (Lipinski definition) is 2. The van der Waals surface area contributed by atoms with Crippen LogP contribution in [-0.4, -0.2) is 17.5 Å². The van der Waals surface area contributed by atoms with Crippen LogP contribution >= 0.6 is 0 Å². The molecule has 0 radical (unpaired) electrons. The number of rotatable bonds is 2. The fraction of sp³-hybridized carbons (Fsp3) is 0.917. The molecule has 0 heterocycles. The van der Waals surface area contributed by atoms with Gasteiger partial charge in [-0.3, -0.25) is 4.79 Å². The van der Waals surface area contributed by atoms with E-state index in [4.69, 9.17) is 5.73 Å². The molecule has 3 heteroatoms. The highest BCUT2D eigenvalue weighted by Crippen LogP contribution is 2.44. The molecule has 3 aliphatic carbocycles. The molecule has 0 aliphatic heterocycles. The number of nitrogens with one attached hydrogen (secondary N) is 1. The second kappa shape index (κ2) is 3.21. The first-order valence-electron chi connectivity index (χ1n) is 6.27. The van der Waals surface area contributed by atoms with Crippen LogP contribution in [0.3, 0.4) is 0 Å². The summed E-state index contributed by atoms with van der Waals surface area (Å²) in [7, 11) is 0. The van der Waals surface area contributed by atoms with E-state index in [1.54, 1.807) is 0 Å². The van der Waals surface area contributed by atoms with Crippen LogP contribution in [0.15, 0.2) is 0 Å². The van der Waals surface area contributed by atoms with Crippen molar-refractivity contribution in [3.63, 3.8) is 0 Å². The molecule has 3 saturated carbocycles. The van der Waals surface area contributed by atoms with Gasteiger partial charge in [0.2, 0.25) is 5.91 Å². The fourth-order valence-corrected chi connectivity index (χ4v) is 3.52. The van der Waals surface area contributed by atoms with Gasteiger partial charge in [0.05, 0.1) is 5.54 Å². The molecule has 3 atom stereocenters. The first kappa shape index (κ1) is 9.64. The number of fused-ring (bicyclic) bond motifs is 2. The van der Waals surface area contributed by atoms with E-state index < -0.39 is 5.54 Å². The van der Waals surface area contributed by atoms with Gasteiger partial charge in [0.1, 0.15) is 0 Å². The van der Waals surface area contributed by atoms with E-state index in [2.05, 4.69) is 5.32 Å². The van der Waals surface area contributed by atoms with E-state index >= 15 is 0 Å². The Morgan fingerprint density at radius 1 is 1.27 bits per heavy atom. The highest BCUT2D eigenvalue weighted by Gasteiger charge is 2.45. The van der Waals surface area contributed by atoms with Crippen LogP contribution in [0.4, 0.5) is 0 Å². The Kier molecular flexibility index (Phi) is 2.06. The van der Waals surface area contributed by atoms with Crippen molar-refractivity contribution in [3.05, 3.63) is 0 Å². The lowest BCUT2D eigenvalue weighted by Crippen LogP contribution is -2.60. The van der Waals surface area contributed by atoms with Gasteiger partial charge in [0.15, 0.2) is 0 Å². The van der Waals surface area contributed by atoms with Crippen LogP contribution in [0.5, 0.6) is 0 Å². The molecular weight excluding hydrogens is 188 g/mol. The molecule has 2 bridgehead atoms. The van der Waals surface area contributed by atoms with Crippen LogP contribution in [0.2, 0.25) is 0 Å². The molecular formula is C12H20N2O. The highest BCUT2D eigenvalue weighted by molar-refractivity contribution is 5.87. The summed E-state index contributed by atoms with van der Waals surface area (Å²) in [6, 6.07) is 0.442. The van der Waals surface area contributed by atoms with E-state index in [1.807, 2.05) is 0 Å². The average molecular weight is 208 g/mol. The maximum Gasteiger partial charge on any atom is 0.240 e. The zero-order valence-corrected chi connectivity index (χ0v) is 9.17. The lowest BCUT2D eigenvalue weighted by Gasteiger charge is -2.38. The second-order valence-corrected chi connectivity index (χ2v) is 5.76. The van der Waals surface area contributed by atoms with E-state index in [0.29, 0.717) is 6.04 Å². The minimum atomic E-state index is -0.512. The maximum absolute atomic E-state index is 11.9. The third kappa shape index (κ3) is 1.48. The van der Waals surface area contributed by atoms with E-state index in [0.717, 1.165) is 31.1 Å². The van der Waals surface area contributed by atoms with Crippen molar-refractivity contribution in [1.82, 2.24) is 5.32 Å². The molecule has 15 heavy (non-hydrogen) atoms. The van der Waals surface area contributed by atoms with Gasteiger partial charge < -0.3 is 11.1 Å². The van der Waals surface area contributed by atoms with Gasteiger partial charge in [-0.2, -0.15) is 0 Å². The summed E-state index contributed by atoms with van der Waals surface area (Å²) in [6.45, 7) is 0. The predicted molar refractivity (Wildman–Crippen MR) is 58.1 cm³/mol. The molecule has 3 fully saturated rings. The summed E-state index contributed by atoms with van der Waals surface area (Å²) in [6.07, 6.45) is 8.09.